The Hall–Kier alpha value is -0.630. The molecular weight excluding hydrogens is 344 g/mol. The van der Waals surface area contributed by atoms with Gasteiger partial charge in [-0.2, -0.15) is 0 Å². The van der Waals surface area contributed by atoms with E-state index in [1.54, 1.807) is 18.2 Å². The van der Waals surface area contributed by atoms with Crippen molar-refractivity contribution in [3.63, 3.8) is 0 Å². The van der Waals surface area contributed by atoms with E-state index < -0.39 is 10.0 Å². The first-order valence-electron chi connectivity index (χ1n) is 5.00. The summed E-state index contributed by atoms with van der Waals surface area (Å²) in [6.07, 6.45) is 0. The van der Waals surface area contributed by atoms with E-state index in [-0.39, 0.29) is 18.2 Å². The second-order valence-electron chi connectivity index (χ2n) is 3.40. The molecule has 100 valence electrons. The maximum absolute atomic E-state index is 11.8. The minimum atomic E-state index is -3.31. The van der Waals surface area contributed by atoms with Crippen molar-refractivity contribution in [3.8, 4) is 0 Å². The van der Waals surface area contributed by atoms with Gasteiger partial charge in [0.1, 0.15) is 0 Å². The first-order chi connectivity index (χ1) is 8.35. The van der Waals surface area contributed by atoms with Gasteiger partial charge < -0.3 is 5.32 Å². The van der Waals surface area contributed by atoms with Gasteiger partial charge in [-0.05, 0) is 41.2 Å². The lowest BCUT2D eigenvalue weighted by atomic mass is 10.2. The summed E-state index contributed by atoms with van der Waals surface area (Å²) in [6, 6.07) is 4.75. The molecule has 0 aliphatic heterocycles. The van der Waals surface area contributed by atoms with Crippen LogP contribution in [0.25, 0.3) is 0 Å². The molecule has 0 spiro atoms. The van der Waals surface area contributed by atoms with Gasteiger partial charge in [0.2, 0.25) is 10.0 Å². The molecule has 0 aromatic heterocycles. The molecule has 0 radical (unpaired) electrons. The number of nitrogens with one attached hydrogen (secondary N) is 2. The third-order valence-corrected chi connectivity index (χ3v) is 4.40. The van der Waals surface area contributed by atoms with Crippen LogP contribution in [0.15, 0.2) is 22.7 Å². The van der Waals surface area contributed by atoms with E-state index in [9.17, 15) is 13.2 Å². The fourth-order valence-corrected chi connectivity index (χ4v) is 2.61. The summed E-state index contributed by atoms with van der Waals surface area (Å²) in [4.78, 5) is 11.8. The number of halogens is 2. The molecule has 8 heteroatoms. The standard InChI is InChI=1S/C10H12BrClN2O3S/c1-13-18(16,17)5-4-14-10(15)8-3-2-7(12)6-9(8)11/h2-3,6,13H,4-5H2,1H3,(H,14,15). The van der Waals surface area contributed by atoms with Crippen LogP contribution in [0.2, 0.25) is 5.02 Å². The van der Waals surface area contributed by atoms with Gasteiger partial charge in [0.05, 0.1) is 11.3 Å². The quantitative estimate of drug-likeness (QED) is 0.838. The van der Waals surface area contributed by atoms with E-state index in [2.05, 4.69) is 26.0 Å². The van der Waals surface area contributed by atoms with Gasteiger partial charge >= 0.3 is 0 Å². The zero-order valence-corrected chi connectivity index (χ0v) is 12.7. The molecule has 0 saturated carbocycles. The predicted octanol–water partition coefficient (Wildman–Crippen LogP) is 1.38. The van der Waals surface area contributed by atoms with E-state index in [0.29, 0.717) is 15.1 Å². The number of hydrogen-bond donors (Lipinski definition) is 2. The monoisotopic (exact) mass is 354 g/mol. The molecule has 0 aliphatic carbocycles. The zero-order chi connectivity index (χ0) is 13.8. The van der Waals surface area contributed by atoms with Crippen LogP contribution in [0.5, 0.6) is 0 Å². The molecule has 18 heavy (non-hydrogen) atoms. The van der Waals surface area contributed by atoms with Crippen LogP contribution in [-0.2, 0) is 10.0 Å². The maximum Gasteiger partial charge on any atom is 0.252 e. The Kier molecular flexibility index (Phi) is 5.58. The molecule has 5 nitrogen and oxygen atoms in total. The van der Waals surface area contributed by atoms with Gasteiger partial charge in [-0.1, -0.05) is 11.6 Å². The lowest BCUT2D eigenvalue weighted by Gasteiger charge is -2.07. The van der Waals surface area contributed by atoms with Crippen molar-refractivity contribution in [1.29, 1.82) is 0 Å². The summed E-state index contributed by atoms with van der Waals surface area (Å²) in [5.41, 5.74) is 0.404. The van der Waals surface area contributed by atoms with Gasteiger partial charge in [0.15, 0.2) is 0 Å². The molecule has 2 N–H and O–H groups in total. The first kappa shape index (κ1) is 15.4. The summed E-state index contributed by atoms with van der Waals surface area (Å²) in [7, 11) is -1.99. The van der Waals surface area contributed by atoms with Gasteiger partial charge in [-0.3, -0.25) is 4.79 Å². The Bertz CT molecular complexity index is 548. The van der Waals surface area contributed by atoms with Crippen LogP contribution in [0.1, 0.15) is 10.4 Å². The van der Waals surface area contributed by atoms with Crippen molar-refractivity contribution >= 4 is 43.5 Å². The summed E-state index contributed by atoms with van der Waals surface area (Å²) in [5, 5.41) is 3.03. The number of sulfonamides is 1. The summed E-state index contributed by atoms with van der Waals surface area (Å²) in [6.45, 7) is 0.0388. The number of carbonyl (C=O) groups is 1. The molecule has 1 rings (SSSR count). The molecule has 0 atom stereocenters. The molecule has 1 aromatic carbocycles. The van der Waals surface area contributed by atoms with E-state index >= 15 is 0 Å². The van der Waals surface area contributed by atoms with Crippen LogP contribution < -0.4 is 10.0 Å². The summed E-state index contributed by atoms with van der Waals surface area (Å²) >= 11 is 8.97. The molecular formula is C10H12BrClN2O3S. The van der Waals surface area contributed by atoms with Crippen molar-refractivity contribution in [1.82, 2.24) is 10.0 Å². The average Bonchev–Trinajstić information content (AvgIpc) is 2.28. The fourth-order valence-electron chi connectivity index (χ4n) is 1.17. The average molecular weight is 356 g/mol. The smallest absolute Gasteiger partial charge is 0.252 e. The number of rotatable bonds is 5. The SMILES string of the molecule is CNS(=O)(=O)CCNC(=O)c1ccc(Cl)cc1Br. The minimum absolute atomic E-state index is 0.0388. The Balaban J connectivity index is 2.61. The summed E-state index contributed by atoms with van der Waals surface area (Å²) < 4.78 is 25.0. The molecule has 0 fully saturated rings. The zero-order valence-electron chi connectivity index (χ0n) is 9.54. The highest BCUT2D eigenvalue weighted by atomic mass is 79.9. The lowest BCUT2D eigenvalue weighted by Crippen LogP contribution is -2.33. The largest absolute Gasteiger partial charge is 0.351 e. The molecule has 0 heterocycles. The van der Waals surface area contributed by atoms with Crippen molar-refractivity contribution in [2.45, 2.75) is 0 Å². The Morgan fingerprint density at radius 1 is 1.44 bits per heavy atom. The van der Waals surface area contributed by atoms with E-state index in [1.165, 1.54) is 7.05 Å². The fraction of sp³-hybridized carbons (Fsp3) is 0.300. The van der Waals surface area contributed by atoms with Crippen LogP contribution in [0.4, 0.5) is 0 Å². The number of benzene rings is 1. The molecule has 0 aliphatic rings. The van der Waals surface area contributed by atoms with Gasteiger partial charge in [-0.15, -0.1) is 0 Å². The second kappa shape index (κ2) is 6.51. The minimum Gasteiger partial charge on any atom is -0.351 e. The lowest BCUT2D eigenvalue weighted by molar-refractivity contribution is 0.0955. The van der Waals surface area contributed by atoms with Crippen LogP contribution in [-0.4, -0.2) is 33.7 Å². The number of amides is 1. The molecule has 0 saturated heterocycles. The van der Waals surface area contributed by atoms with Crippen LogP contribution in [0.3, 0.4) is 0 Å². The van der Waals surface area contributed by atoms with E-state index in [0.717, 1.165) is 0 Å². The third-order valence-electron chi connectivity index (χ3n) is 2.14. The third kappa shape index (κ3) is 4.56. The second-order valence-corrected chi connectivity index (χ2v) is 6.74. The van der Waals surface area contributed by atoms with Crippen molar-refractivity contribution < 1.29 is 13.2 Å². The van der Waals surface area contributed by atoms with E-state index in [4.69, 9.17) is 11.6 Å². The van der Waals surface area contributed by atoms with Gasteiger partial charge in [0.25, 0.3) is 5.91 Å². The predicted molar refractivity (Wildman–Crippen MR) is 74.3 cm³/mol. The number of carbonyl (C=O) groups excluding carboxylic acids is 1. The number of hydrogen-bond acceptors (Lipinski definition) is 3. The van der Waals surface area contributed by atoms with Crippen molar-refractivity contribution in [2.24, 2.45) is 0 Å². The van der Waals surface area contributed by atoms with Gasteiger partial charge in [0, 0.05) is 16.0 Å². The Morgan fingerprint density at radius 3 is 2.67 bits per heavy atom. The van der Waals surface area contributed by atoms with E-state index in [1.807, 2.05) is 0 Å². The van der Waals surface area contributed by atoms with Crippen molar-refractivity contribution in [3.05, 3.63) is 33.3 Å². The molecule has 1 aromatic rings. The maximum atomic E-state index is 11.8. The van der Waals surface area contributed by atoms with Crippen LogP contribution >= 0.6 is 27.5 Å². The highest BCUT2D eigenvalue weighted by molar-refractivity contribution is 9.10. The highest BCUT2D eigenvalue weighted by Crippen LogP contribution is 2.21. The van der Waals surface area contributed by atoms with Crippen molar-refractivity contribution in [2.75, 3.05) is 19.3 Å². The molecule has 0 unspecified atom stereocenters. The highest BCUT2D eigenvalue weighted by Gasteiger charge is 2.12. The Morgan fingerprint density at radius 2 is 2.11 bits per heavy atom. The van der Waals surface area contributed by atoms with Crippen LogP contribution in [0, 0.1) is 0 Å². The summed E-state index contributed by atoms with van der Waals surface area (Å²) in [5.74, 6) is -0.523. The van der Waals surface area contributed by atoms with Gasteiger partial charge in [-0.25, -0.2) is 13.1 Å². The topological polar surface area (TPSA) is 75.3 Å². The molecule has 1 amide bonds. The molecule has 0 bridgehead atoms. The Labute approximate surface area is 119 Å². The first-order valence-corrected chi connectivity index (χ1v) is 7.82. The normalized spacial score (nSPS) is 11.3.